The summed E-state index contributed by atoms with van der Waals surface area (Å²) in [7, 11) is 0. The van der Waals surface area contributed by atoms with E-state index in [1.54, 1.807) is 24.3 Å². The molecule has 0 aliphatic rings. The number of carbonyl (C=O) groups is 3. The molecule has 136 valence electrons. The van der Waals surface area contributed by atoms with Gasteiger partial charge in [-0.25, -0.2) is 0 Å². The Bertz CT molecular complexity index is 614. The minimum Gasteiger partial charge on any atom is -0.492 e. The average Bonchev–Trinajstić information content (AvgIpc) is 2.57. The molecule has 0 fully saturated rings. The van der Waals surface area contributed by atoms with E-state index in [2.05, 4.69) is 11.9 Å². The van der Waals surface area contributed by atoms with Crippen molar-refractivity contribution in [1.82, 2.24) is 5.32 Å². The van der Waals surface area contributed by atoms with Crippen LogP contribution in [0.1, 0.15) is 43.5 Å². The zero-order valence-electron chi connectivity index (χ0n) is 14.7. The Morgan fingerprint density at radius 2 is 1.84 bits per heavy atom. The summed E-state index contributed by atoms with van der Waals surface area (Å²) >= 11 is 0. The molecule has 1 rings (SSSR count). The normalized spacial score (nSPS) is 10.8. The van der Waals surface area contributed by atoms with Crippen molar-refractivity contribution in [3.63, 3.8) is 0 Å². The Morgan fingerprint density at radius 3 is 2.40 bits per heavy atom. The van der Waals surface area contributed by atoms with Gasteiger partial charge in [-0.15, -0.1) is 0 Å². The smallest absolute Gasteiger partial charge is 0.220 e. The van der Waals surface area contributed by atoms with E-state index in [4.69, 9.17) is 4.74 Å². The number of ether oxygens (including phenoxy) is 1. The highest BCUT2D eigenvalue weighted by Gasteiger charge is 2.24. The number of aliphatic hydroxyl groups is 1. The number of benzene rings is 1. The second kappa shape index (κ2) is 9.74. The predicted octanol–water partition coefficient (Wildman–Crippen LogP) is 2.06. The third kappa shape index (κ3) is 7.76. The molecule has 0 saturated carbocycles. The van der Waals surface area contributed by atoms with Gasteiger partial charge in [0.2, 0.25) is 5.91 Å². The van der Waals surface area contributed by atoms with E-state index in [1.165, 1.54) is 19.9 Å². The van der Waals surface area contributed by atoms with E-state index >= 15 is 0 Å². The third-order valence-corrected chi connectivity index (χ3v) is 3.42. The number of rotatable bonds is 11. The summed E-state index contributed by atoms with van der Waals surface area (Å²) < 4.78 is 5.48. The Kier molecular flexibility index (Phi) is 8.01. The van der Waals surface area contributed by atoms with Crippen LogP contribution in [-0.2, 0) is 9.59 Å². The van der Waals surface area contributed by atoms with Gasteiger partial charge in [-0.1, -0.05) is 6.58 Å². The lowest BCUT2D eigenvalue weighted by Crippen LogP contribution is -2.31. The van der Waals surface area contributed by atoms with Crippen molar-refractivity contribution in [3.8, 4) is 5.75 Å². The highest BCUT2D eigenvalue weighted by Crippen LogP contribution is 2.17. The molecule has 6 heteroatoms. The van der Waals surface area contributed by atoms with Crippen LogP contribution < -0.4 is 10.1 Å². The molecule has 0 aliphatic heterocycles. The molecule has 0 radical (unpaired) electrons. The van der Waals surface area contributed by atoms with Gasteiger partial charge in [0.15, 0.2) is 11.6 Å². The molecule has 0 aromatic heterocycles. The number of allylic oxidation sites excluding steroid dienone is 1. The first kappa shape index (κ1) is 20.6. The first-order valence-corrected chi connectivity index (χ1v) is 8.16. The van der Waals surface area contributed by atoms with E-state index in [9.17, 15) is 19.5 Å². The number of carbonyl (C=O) groups excluding carboxylic acids is 3. The van der Waals surface area contributed by atoms with Gasteiger partial charge in [-0.05, 0) is 50.6 Å². The number of nitrogens with one attached hydrogen (secondary N) is 1. The lowest BCUT2D eigenvalue weighted by Gasteiger charge is -2.15. The number of hydrogen-bond donors (Lipinski definition) is 2. The fourth-order valence-electron chi connectivity index (χ4n) is 2.03. The van der Waals surface area contributed by atoms with Crippen molar-refractivity contribution >= 4 is 17.5 Å². The van der Waals surface area contributed by atoms with Gasteiger partial charge in [0.1, 0.15) is 18.0 Å². The Hall–Kier alpha value is -2.47. The Labute approximate surface area is 147 Å². The zero-order chi connectivity index (χ0) is 18.9. The standard InChI is InChI=1S/C19H25NO5/c1-4-15(21)6-5-7-17(22)20-12-13-25-16-10-8-14(9-11-16)18(23)19(2,3)24/h4,8-11,24H,1,5-7,12-13H2,2-3H3,(H,20,22). The largest absolute Gasteiger partial charge is 0.492 e. The Morgan fingerprint density at radius 1 is 1.20 bits per heavy atom. The summed E-state index contributed by atoms with van der Waals surface area (Å²) in [5, 5.41) is 12.4. The van der Waals surface area contributed by atoms with Crippen molar-refractivity contribution in [2.24, 2.45) is 0 Å². The van der Waals surface area contributed by atoms with Crippen LogP contribution in [-0.4, -0.2) is 41.3 Å². The van der Waals surface area contributed by atoms with Crippen LogP contribution in [0.4, 0.5) is 0 Å². The summed E-state index contributed by atoms with van der Waals surface area (Å²) in [5.41, 5.74) is -1.01. The quantitative estimate of drug-likeness (QED) is 0.363. The molecular formula is C19H25NO5. The van der Waals surface area contributed by atoms with Gasteiger partial charge in [0.25, 0.3) is 0 Å². The van der Waals surface area contributed by atoms with Gasteiger partial charge in [0, 0.05) is 18.4 Å². The molecule has 0 heterocycles. The molecule has 6 nitrogen and oxygen atoms in total. The molecule has 25 heavy (non-hydrogen) atoms. The molecule has 0 saturated heterocycles. The topological polar surface area (TPSA) is 92.7 Å². The van der Waals surface area contributed by atoms with Gasteiger partial charge in [-0.2, -0.15) is 0 Å². The predicted molar refractivity (Wildman–Crippen MR) is 94.6 cm³/mol. The minimum absolute atomic E-state index is 0.0670. The SMILES string of the molecule is C=CC(=O)CCCC(=O)NCCOc1ccc(C(=O)C(C)(C)O)cc1. The third-order valence-electron chi connectivity index (χ3n) is 3.42. The van der Waals surface area contributed by atoms with Gasteiger partial charge in [0.05, 0.1) is 6.54 Å². The monoisotopic (exact) mass is 347 g/mol. The lowest BCUT2D eigenvalue weighted by atomic mass is 9.97. The van der Waals surface area contributed by atoms with E-state index in [0.29, 0.717) is 30.7 Å². The molecule has 1 amide bonds. The molecule has 0 spiro atoms. The van der Waals surface area contributed by atoms with Crippen LogP contribution in [0.3, 0.4) is 0 Å². The maximum Gasteiger partial charge on any atom is 0.220 e. The van der Waals surface area contributed by atoms with Crippen LogP contribution in [0.25, 0.3) is 0 Å². The summed E-state index contributed by atoms with van der Waals surface area (Å²) in [6, 6.07) is 6.46. The van der Waals surface area contributed by atoms with E-state index in [1.807, 2.05) is 0 Å². The average molecular weight is 347 g/mol. The first-order chi connectivity index (χ1) is 11.7. The van der Waals surface area contributed by atoms with Crippen molar-refractivity contribution < 1.29 is 24.2 Å². The van der Waals surface area contributed by atoms with Gasteiger partial charge < -0.3 is 15.2 Å². The number of Topliss-reactive ketones (excluding diaryl/α,β-unsaturated/α-hetero) is 1. The van der Waals surface area contributed by atoms with E-state index < -0.39 is 5.60 Å². The van der Waals surface area contributed by atoms with Gasteiger partial charge in [-0.3, -0.25) is 14.4 Å². The van der Waals surface area contributed by atoms with Crippen LogP contribution in [0.15, 0.2) is 36.9 Å². The van der Waals surface area contributed by atoms with Crippen molar-refractivity contribution in [2.45, 2.75) is 38.7 Å². The molecule has 1 aromatic rings. The van der Waals surface area contributed by atoms with E-state index in [-0.39, 0.29) is 30.5 Å². The lowest BCUT2D eigenvalue weighted by molar-refractivity contribution is -0.121. The van der Waals surface area contributed by atoms with Crippen LogP contribution in [0.2, 0.25) is 0 Å². The molecule has 0 atom stereocenters. The summed E-state index contributed by atoms with van der Waals surface area (Å²) in [5.74, 6) is 0.00797. The second-order valence-corrected chi connectivity index (χ2v) is 6.13. The second-order valence-electron chi connectivity index (χ2n) is 6.13. The van der Waals surface area contributed by atoms with Crippen molar-refractivity contribution in [1.29, 1.82) is 0 Å². The maximum atomic E-state index is 11.9. The van der Waals surface area contributed by atoms with Crippen molar-refractivity contribution in [3.05, 3.63) is 42.5 Å². The molecule has 0 bridgehead atoms. The highest BCUT2D eigenvalue weighted by atomic mass is 16.5. The zero-order valence-corrected chi connectivity index (χ0v) is 14.7. The fraction of sp³-hybridized carbons (Fsp3) is 0.421. The summed E-state index contributed by atoms with van der Waals surface area (Å²) in [6.45, 7) is 6.89. The van der Waals surface area contributed by atoms with Crippen LogP contribution in [0, 0.1) is 0 Å². The Balaban J connectivity index is 2.28. The maximum absolute atomic E-state index is 11.9. The van der Waals surface area contributed by atoms with Crippen LogP contribution >= 0.6 is 0 Å². The minimum atomic E-state index is -1.41. The van der Waals surface area contributed by atoms with Crippen LogP contribution in [0.5, 0.6) is 5.75 Å². The summed E-state index contributed by atoms with van der Waals surface area (Å²) in [6.07, 6.45) is 2.36. The molecular weight excluding hydrogens is 322 g/mol. The number of hydrogen-bond acceptors (Lipinski definition) is 5. The summed E-state index contributed by atoms with van der Waals surface area (Å²) in [4.78, 5) is 34.5. The number of ketones is 2. The van der Waals surface area contributed by atoms with E-state index in [0.717, 1.165) is 0 Å². The fourth-order valence-corrected chi connectivity index (χ4v) is 2.03. The highest BCUT2D eigenvalue weighted by molar-refractivity contribution is 6.01. The molecule has 0 unspecified atom stereocenters. The van der Waals surface area contributed by atoms with Gasteiger partial charge >= 0.3 is 0 Å². The molecule has 1 aromatic carbocycles. The number of amides is 1. The molecule has 2 N–H and O–H groups in total. The molecule has 0 aliphatic carbocycles. The van der Waals surface area contributed by atoms with Crippen molar-refractivity contribution in [2.75, 3.05) is 13.2 Å². The first-order valence-electron chi connectivity index (χ1n) is 8.16.